The number of hydrogen-bond donors (Lipinski definition) is 2. The van der Waals surface area contributed by atoms with Crippen molar-refractivity contribution in [2.24, 2.45) is 0 Å². The summed E-state index contributed by atoms with van der Waals surface area (Å²) in [4.78, 5) is 23.6. The molecule has 0 aliphatic carbocycles. The van der Waals surface area contributed by atoms with E-state index in [1.165, 1.54) is 23.1 Å². The van der Waals surface area contributed by atoms with Crippen LogP contribution < -0.4 is 10.6 Å². The molecule has 2 N–H and O–H groups in total. The number of amides is 3. The van der Waals surface area contributed by atoms with E-state index in [4.69, 9.17) is 12.2 Å². The molecule has 25 heavy (non-hydrogen) atoms. The number of imide groups is 1. The number of para-hydroxylation sites is 1. The maximum absolute atomic E-state index is 11.9. The number of benzene rings is 1. The van der Waals surface area contributed by atoms with Gasteiger partial charge in [-0.2, -0.15) is 0 Å². The number of carbonyl (C=O) groups excluding carboxylic acids is 2. The van der Waals surface area contributed by atoms with Gasteiger partial charge < -0.3 is 5.32 Å². The molecule has 2 aromatic rings. The number of thioether (sulfide) groups is 1. The van der Waals surface area contributed by atoms with Gasteiger partial charge >= 0.3 is 6.03 Å². The fourth-order valence-corrected chi connectivity index (χ4v) is 4.08. The van der Waals surface area contributed by atoms with Crippen LogP contribution in [0.5, 0.6) is 0 Å². The monoisotopic (exact) mass is 396 g/mol. The van der Waals surface area contributed by atoms with E-state index in [9.17, 15) is 9.59 Å². The van der Waals surface area contributed by atoms with Crippen molar-refractivity contribution in [2.75, 3.05) is 5.75 Å². The van der Waals surface area contributed by atoms with Crippen LogP contribution in [0.4, 0.5) is 4.79 Å². The Kier molecular flexibility index (Phi) is 6.36. The lowest BCUT2D eigenvalue weighted by Gasteiger charge is -2.20. The third-order valence-electron chi connectivity index (χ3n) is 2.94. The van der Waals surface area contributed by atoms with Crippen LogP contribution >= 0.6 is 35.3 Å². The van der Waals surface area contributed by atoms with Crippen molar-refractivity contribution >= 4 is 47.3 Å². The molecule has 0 saturated heterocycles. The maximum Gasteiger partial charge on any atom is 0.321 e. The quantitative estimate of drug-likeness (QED) is 0.609. The van der Waals surface area contributed by atoms with Crippen LogP contribution in [0.15, 0.2) is 28.6 Å². The van der Waals surface area contributed by atoms with Gasteiger partial charge in [0.25, 0.3) is 0 Å². The highest BCUT2D eigenvalue weighted by molar-refractivity contribution is 8.01. The summed E-state index contributed by atoms with van der Waals surface area (Å²) in [6.07, 6.45) is 0. The summed E-state index contributed by atoms with van der Waals surface area (Å²) in [6, 6.07) is 7.32. The van der Waals surface area contributed by atoms with E-state index < -0.39 is 11.6 Å². The molecule has 0 saturated carbocycles. The third-order valence-corrected chi connectivity index (χ3v) is 5.31. The van der Waals surface area contributed by atoms with Gasteiger partial charge in [-0.1, -0.05) is 41.3 Å². The Morgan fingerprint density at radius 3 is 2.64 bits per heavy atom. The molecule has 0 radical (unpaired) electrons. The van der Waals surface area contributed by atoms with Crippen LogP contribution in [0.3, 0.4) is 0 Å². The van der Waals surface area contributed by atoms with Gasteiger partial charge in [0.05, 0.1) is 11.4 Å². The van der Waals surface area contributed by atoms with E-state index in [0.29, 0.717) is 8.29 Å². The topological polar surface area (TPSA) is 76.0 Å². The molecular weight excluding hydrogens is 376 g/mol. The van der Waals surface area contributed by atoms with Crippen molar-refractivity contribution in [3.05, 3.63) is 33.8 Å². The molecule has 1 aromatic carbocycles. The number of urea groups is 1. The first-order chi connectivity index (χ1) is 11.7. The summed E-state index contributed by atoms with van der Waals surface area (Å²) in [5, 5.41) is 9.44. The van der Waals surface area contributed by atoms with E-state index in [0.717, 1.165) is 11.3 Å². The van der Waals surface area contributed by atoms with Crippen LogP contribution in [0.25, 0.3) is 5.69 Å². The summed E-state index contributed by atoms with van der Waals surface area (Å²) >= 11 is 7.95. The van der Waals surface area contributed by atoms with Gasteiger partial charge in [-0.25, -0.2) is 9.48 Å². The van der Waals surface area contributed by atoms with Crippen LogP contribution in [-0.4, -0.2) is 33.0 Å². The van der Waals surface area contributed by atoms with Crippen LogP contribution in [0.1, 0.15) is 26.3 Å². The number of rotatable bonds is 4. The maximum atomic E-state index is 11.9. The summed E-state index contributed by atoms with van der Waals surface area (Å²) < 4.78 is 2.99. The molecule has 0 unspecified atom stereocenters. The molecular formula is C16H20N4O2S3. The normalized spacial score (nSPS) is 11.2. The molecule has 0 aliphatic heterocycles. The minimum atomic E-state index is -0.504. The number of hydrogen-bond acceptors (Lipinski definition) is 6. The molecule has 0 atom stereocenters. The standard InChI is InChI=1S/C16H20N4O2S3/c1-10-7-5-6-8-11(10)20-15(23)25-14(19-20)24-9-12(21)17-13(22)18-16(2,3)4/h5-8H,9H2,1-4H3,(H2,17,18,21,22). The Morgan fingerprint density at radius 2 is 2.00 bits per heavy atom. The second-order valence-electron chi connectivity index (χ2n) is 6.37. The zero-order valence-electron chi connectivity index (χ0n) is 14.5. The number of carbonyl (C=O) groups is 2. The molecule has 1 aromatic heterocycles. The van der Waals surface area contributed by atoms with Crippen molar-refractivity contribution < 1.29 is 9.59 Å². The summed E-state index contributed by atoms with van der Waals surface area (Å²) in [5.41, 5.74) is 1.59. The van der Waals surface area contributed by atoms with E-state index in [2.05, 4.69) is 15.7 Å². The molecule has 9 heteroatoms. The van der Waals surface area contributed by atoms with Gasteiger partial charge in [0.1, 0.15) is 0 Å². The molecule has 3 amide bonds. The lowest BCUT2D eigenvalue weighted by atomic mass is 10.1. The highest BCUT2D eigenvalue weighted by atomic mass is 32.2. The fraction of sp³-hybridized carbons (Fsp3) is 0.375. The molecule has 2 rings (SSSR count). The van der Waals surface area contributed by atoms with E-state index in [1.54, 1.807) is 4.68 Å². The van der Waals surface area contributed by atoms with Crippen molar-refractivity contribution in [1.82, 2.24) is 20.4 Å². The Bertz CT molecular complexity index is 836. The van der Waals surface area contributed by atoms with Crippen LogP contribution in [-0.2, 0) is 4.79 Å². The second kappa shape index (κ2) is 8.11. The largest absolute Gasteiger partial charge is 0.333 e. The fourth-order valence-electron chi connectivity index (χ4n) is 1.93. The predicted octanol–water partition coefficient (Wildman–Crippen LogP) is 3.69. The summed E-state index contributed by atoms with van der Waals surface area (Å²) in [7, 11) is 0. The number of aromatic nitrogens is 2. The van der Waals surface area contributed by atoms with Crippen LogP contribution in [0, 0.1) is 10.9 Å². The van der Waals surface area contributed by atoms with Gasteiger partial charge in [0.15, 0.2) is 8.29 Å². The van der Waals surface area contributed by atoms with Gasteiger partial charge in [-0.3, -0.25) is 10.1 Å². The minimum Gasteiger partial charge on any atom is -0.333 e. The molecule has 0 fully saturated rings. The molecule has 0 aliphatic rings. The van der Waals surface area contributed by atoms with E-state index in [1.807, 2.05) is 52.0 Å². The van der Waals surface area contributed by atoms with E-state index >= 15 is 0 Å². The lowest BCUT2D eigenvalue weighted by molar-refractivity contribution is -0.117. The molecule has 0 bridgehead atoms. The second-order valence-corrected chi connectivity index (χ2v) is 9.22. The average Bonchev–Trinajstić information content (AvgIpc) is 2.84. The predicted molar refractivity (Wildman–Crippen MR) is 104 cm³/mol. The Labute approximate surface area is 160 Å². The first-order valence-electron chi connectivity index (χ1n) is 7.57. The van der Waals surface area contributed by atoms with Gasteiger partial charge in [-0.15, -0.1) is 5.10 Å². The Hall–Kier alpha value is -1.71. The van der Waals surface area contributed by atoms with Crippen molar-refractivity contribution in [2.45, 2.75) is 37.6 Å². The van der Waals surface area contributed by atoms with Crippen LogP contribution in [0.2, 0.25) is 0 Å². The van der Waals surface area contributed by atoms with Gasteiger partial charge in [-0.05, 0) is 51.5 Å². The smallest absolute Gasteiger partial charge is 0.321 e. The molecule has 1 heterocycles. The average molecular weight is 397 g/mol. The van der Waals surface area contributed by atoms with Crippen molar-refractivity contribution in [3.63, 3.8) is 0 Å². The molecule has 0 spiro atoms. The van der Waals surface area contributed by atoms with Crippen molar-refractivity contribution in [1.29, 1.82) is 0 Å². The zero-order chi connectivity index (χ0) is 18.6. The number of aryl methyl sites for hydroxylation is 1. The first kappa shape index (κ1) is 19.6. The molecule has 6 nitrogen and oxygen atoms in total. The SMILES string of the molecule is Cc1ccccc1-n1nc(SCC(=O)NC(=O)NC(C)(C)C)sc1=S. The van der Waals surface area contributed by atoms with Crippen molar-refractivity contribution in [3.8, 4) is 5.69 Å². The Balaban J connectivity index is 1.97. The zero-order valence-corrected chi connectivity index (χ0v) is 16.9. The summed E-state index contributed by atoms with van der Waals surface area (Å²) in [5.74, 6) is -0.288. The highest BCUT2D eigenvalue weighted by Gasteiger charge is 2.16. The summed E-state index contributed by atoms with van der Waals surface area (Å²) in [6.45, 7) is 7.52. The number of nitrogens with one attached hydrogen (secondary N) is 2. The number of nitrogens with zero attached hydrogens (tertiary/aromatic N) is 2. The first-order valence-corrected chi connectivity index (χ1v) is 9.78. The minimum absolute atomic E-state index is 0.0909. The van der Waals surface area contributed by atoms with Gasteiger partial charge in [0, 0.05) is 5.54 Å². The lowest BCUT2D eigenvalue weighted by Crippen LogP contribution is -2.48. The molecule has 134 valence electrons. The third kappa shape index (κ3) is 5.94. The van der Waals surface area contributed by atoms with E-state index in [-0.39, 0.29) is 11.7 Å². The highest BCUT2D eigenvalue weighted by Crippen LogP contribution is 2.24. The van der Waals surface area contributed by atoms with Gasteiger partial charge in [0.2, 0.25) is 5.91 Å². The Morgan fingerprint density at radius 1 is 1.32 bits per heavy atom.